The second-order valence-corrected chi connectivity index (χ2v) is 3.81. The summed E-state index contributed by atoms with van der Waals surface area (Å²) < 4.78 is 0. The minimum absolute atomic E-state index is 0.610. The largest absolute Gasteiger partial charge is 0.0724 e. The summed E-state index contributed by atoms with van der Waals surface area (Å²) in [6, 6.07) is 8.65. The normalized spacial score (nSPS) is 12.2. The minimum Gasteiger partial charge on any atom is -0.0724 e. The molecule has 0 aromatic heterocycles. The van der Waals surface area contributed by atoms with Crippen molar-refractivity contribution in [3.8, 4) is 0 Å². The molecule has 0 atom stereocenters. The maximum absolute atomic E-state index is 3.85. The third-order valence-electron chi connectivity index (χ3n) is 2.02. The SMILES string of the molecule is [CH2]/C(C)=C/c1ccc(C(C)C)cc1. The van der Waals surface area contributed by atoms with Crippen LogP contribution in [-0.2, 0) is 0 Å². The Labute approximate surface area is 81.3 Å². The lowest BCUT2D eigenvalue weighted by Gasteiger charge is -2.04. The average molecular weight is 173 g/mol. The zero-order chi connectivity index (χ0) is 9.84. The fraction of sp³-hybridized carbons (Fsp3) is 0.308. The van der Waals surface area contributed by atoms with Gasteiger partial charge in [0.25, 0.3) is 0 Å². The Balaban J connectivity index is 2.88. The molecule has 0 amide bonds. The van der Waals surface area contributed by atoms with E-state index in [1.165, 1.54) is 11.1 Å². The highest BCUT2D eigenvalue weighted by Gasteiger charge is 1.96. The van der Waals surface area contributed by atoms with E-state index < -0.39 is 0 Å². The molecule has 0 N–H and O–H groups in total. The molecule has 1 aromatic carbocycles. The first-order chi connectivity index (χ1) is 6.09. The first-order valence-corrected chi connectivity index (χ1v) is 4.70. The van der Waals surface area contributed by atoms with Gasteiger partial charge >= 0.3 is 0 Å². The highest BCUT2D eigenvalue weighted by molar-refractivity contribution is 5.53. The Bertz CT molecular complexity index is 284. The van der Waals surface area contributed by atoms with Gasteiger partial charge in [0.1, 0.15) is 0 Å². The Morgan fingerprint density at radius 2 is 1.77 bits per heavy atom. The molecule has 0 saturated heterocycles. The molecule has 0 heteroatoms. The summed E-state index contributed by atoms with van der Waals surface area (Å²) in [6.07, 6.45) is 2.09. The topological polar surface area (TPSA) is 0 Å². The van der Waals surface area contributed by atoms with Crippen LogP contribution < -0.4 is 0 Å². The molecule has 0 aliphatic heterocycles. The molecule has 0 unspecified atom stereocenters. The summed E-state index contributed by atoms with van der Waals surface area (Å²) in [5, 5.41) is 0. The van der Waals surface area contributed by atoms with Crippen LogP contribution in [0.3, 0.4) is 0 Å². The molecule has 69 valence electrons. The standard InChI is InChI=1S/C13H17/c1-10(2)9-12-5-7-13(8-6-12)11(3)4/h5-9,11H,1H2,2-4H3/b10-9-. The van der Waals surface area contributed by atoms with Gasteiger partial charge in [-0.15, -0.1) is 0 Å². The van der Waals surface area contributed by atoms with Crippen molar-refractivity contribution in [1.82, 2.24) is 0 Å². The molecular formula is C13H17. The fourth-order valence-corrected chi connectivity index (χ4v) is 1.26. The Morgan fingerprint density at radius 1 is 1.23 bits per heavy atom. The number of allylic oxidation sites excluding steroid dienone is 1. The number of benzene rings is 1. The molecular weight excluding hydrogens is 156 g/mol. The summed E-state index contributed by atoms with van der Waals surface area (Å²) >= 11 is 0. The van der Waals surface area contributed by atoms with Gasteiger partial charge in [-0.2, -0.15) is 0 Å². The predicted octanol–water partition coefficient (Wildman–Crippen LogP) is 4.05. The molecule has 0 aliphatic carbocycles. The molecule has 1 rings (SSSR count). The van der Waals surface area contributed by atoms with E-state index in [1.54, 1.807) is 0 Å². The highest BCUT2D eigenvalue weighted by atomic mass is 14.0. The number of hydrogen-bond donors (Lipinski definition) is 0. The van der Waals surface area contributed by atoms with E-state index in [9.17, 15) is 0 Å². The van der Waals surface area contributed by atoms with Crippen molar-refractivity contribution in [3.05, 3.63) is 47.9 Å². The lowest BCUT2D eigenvalue weighted by Crippen LogP contribution is -1.86. The van der Waals surface area contributed by atoms with Crippen LogP contribution in [0.15, 0.2) is 29.8 Å². The molecule has 0 spiro atoms. The van der Waals surface area contributed by atoms with Crippen LogP contribution >= 0.6 is 0 Å². The fourth-order valence-electron chi connectivity index (χ4n) is 1.26. The quantitative estimate of drug-likeness (QED) is 0.633. The van der Waals surface area contributed by atoms with Crippen molar-refractivity contribution in [2.75, 3.05) is 0 Å². The van der Waals surface area contributed by atoms with E-state index in [-0.39, 0.29) is 0 Å². The summed E-state index contributed by atoms with van der Waals surface area (Å²) in [5.74, 6) is 0.610. The molecule has 13 heavy (non-hydrogen) atoms. The van der Waals surface area contributed by atoms with Gasteiger partial charge < -0.3 is 0 Å². The van der Waals surface area contributed by atoms with Gasteiger partial charge in [0.15, 0.2) is 0 Å². The van der Waals surface area contributed by atoms with Gasteiger partial charge in [0.05, 0.1) is 0 Å². The molecule has 0 bridgehead atoms. The number of hydrogen-bond acceptors (Lipinski definition) is 0. The lowest BCUT2D eigenvalue weighted by molar-refractivity contribution is 0.866. The zero-order valence-electron chi connectivity index (χ0n) is 8.67. The van der Waals surface area contributed by atoms with E-state index in [1.807, 2.05) is 6.92 Å². The summed E-state index contributed by atoms with van der Waals surface area (Å²) in [4.78, 5) is 0. The van der Waals surface area contributed by atoms with E-state index in [0.29, 0.717) is 5.92 Å². The van der Waals surface area contributed by atoms with Crippen molar-refractivity contribution >= 4 is 6.08 Å². The van der Waals surface area contributed by atoms with Crippen LogP contribution in [0.2, 0.25) is 0 Å². The Kier molecular flexibility index (Phi) is 3.30. The van der Waals surface area contributed by atoms with Crippen LogP contribution in [0.1, 0.15) is 37.8 Å². The van der Waals surface area contributed by atoms with Gasteiger partial charge in [0.2, 0.25) is 0 Å². The first-order valence-electron chi connectivity index (χ1n) is 4.70. The van der Waals surface area contributed by atoms with E-state index >= 15 is 0 Å². The molecule has 1 aromatic rings. The van der Waals surface area contributed by atoms with Gasteiger partial charge in [0, 0.05) is 0 Å². The van der Waals surface area contributed by atoms with Gasteiger partial charge in [-0.05, 0) is 30.9 Å². The molecule has 0 saturated carbocycles. The third kappa shape index (κ3) is 3.06. The van der Waals surface area contributed by atoms with Crippen molar-refractivity contribution in [2.45, 2.75) is 26.7 Å². The van der Waals surface area contributed by atoms with Crippen LogP contribution in [0.4, 0.5) is 0 Å². The molecule has 0 fully saturated rings. The highest BCUT2D eigenvalue weighted by Crippen LogP contribution is 2.15. The van der Waals surface area contributed by atoms with Gasteiger partial charge in [-0.1, -0.05) is 49.8 Å². The minimum atomic E-state index is 0.610. The maximum atomic E-state index is 3.85. The molecule has 0 nitrogen and oxygen atoms in total. The van der Waals surface area contributed by atoms with Crippen molar-refractivity contribution in [1.29, 1.82) is 0 Å². The van der Waals surface area contributed by atoms with Crippen molar-refractivity contribution < 1.29 is 0 Å². The van der Waals surface area contributed by atoms with E-state index in [4.69, 9.17) is 0 Å². The average Bonchev–Trinajstić information content (AvgIpc) is 2.04. The molecule has 0 heterocycles. The Morgan fingerprint density at radius 3 is 2.15 bits per heavy atom. The van der Waals surface area contributed by atoms with E-state index in [2.05, 4.69) is 51.1 Å². The van der Waals surface area contributed by atoms with Crippen LogP contribution in [0.5, 0.6) is 0 Å². The predicted molar refractivity (Wildman–Crippen MR) is 59.5 cm³/mol. The van der Waals surface area contributed by atoms with Crippen molar-refractivity contribution in [3.63, 3.8) is 0 Å². The lowest BCUT2D eigenvalue weighted by atomic mass is 10.0. The Hall–Kier alpha value is -1.04. The first kappa shape index (κ1) is 10.0. The summed E-state index contributed by atoms with van der Waals surface area (Å²) in [7, 11) is 0. The second kappa shape index (κ2) is 4.27. The molecule has 0 aliphatic rings. The monoisotopic (exact) mass is 173 g/mol. The van der Waals surface area contributed by atoms with Crippen molar-refractivity contribution in [2.24, 2.45) is 0 Å². The van der Waals surface area contributed by atoms with Gasteiger partial charge in [-0.3, -0.25) is 0 Å². The second-order valence-electron chi connectivity index (χ2n) is 3.81. The summed E-state index contributed by atoms with van der Waals surface area (Å²) in [5.41, 5.74) is 3.72. The van der Waals surface area contributed by atoms with E-state index in [0.717, 1.165) is 5.57 Å². The zero-order valence-corrected chi connectivity index (χ0v) is 8.67. The number of rotatable bonds is 2. The maximum Gasteiger partial charge on any atom is -0.0219 e. The van der Waals surface area contributed by atoms with Crippen LogP contribution in [0.25, 0.3) is 6.08 Å². The summed E-state index contributed by atoms with van der Waals surface area (Å²) in [6.45, 7) is 10.3. The van der Waals surface area contributed by atoms with Gasteiger partial charge in [-0.25, -0.2) is 0 Å². The molecule has 1 radical (unpaired) electrons. The third-order valence-corrected chi connectivity index (χ3v) is 2.02. The van der Waals surface area contributed by atoms with Crippen LogP contribution in [0, 0.1) is 6.92 Å². The smallest absolute Gasteiger partial charge is 0.0219 e. The van der Waals surface area contributed by atoms with Crippen LogP contribution in [-0.4, -0.2) is 0 Å².